The summed E-state index contributed by atoms with van der Waals surface area (Å²) in [5.41, 5.74) is 0.676. The van der Waals surface area contributed by atoms with E-state index in [9.17, 15) is 0 Å². The third-order valence-corrected chi connectivity index (χ3v) is 2.78. The first-order valence-electron chi connectivity index (χ1n) is 6.06. The highest BCUT2D eigenvalue weighted by Gasteiger charge is 2.20. The quantitative estimate of drug-likeness (QED) is 0.839. The average Bonchev–Trinajstić information content (AvgIpc) is 2.99. The van der Waals surface area contributed by atoms with Gasteiger partial charge >= 0.3 is 0 Å². The normalized spacial score (nSPS) is 19.3. The second-order valence-electron chi connectivity index (χ2n) is 4.12. The van der Waals surface area contributed by atoms with Crippen LogP contribution in [0.15, 0.2) is 6.20 Å². The third-order valence-electron chi connectivity index (χ3n) is 2.78. The maximum atomic E-state index is 5.86. The number of ether oxygens (including phenoxy) is 2. The number of H-pyrrole nitrogens is 1. The molecular formula is C11H15N5O2. The van der Waals surface area contributed by atoms with Gasteiger partial charge in [0.1, 0.15) is 11.5 Å². The Kier molecular flexibility index (Phi) is 2.97. The Morgan fingerprint density at radius 2 is 2.50 bits per heavy atom. The van der Waals surface area contributed by atoms with Crippen molar-refractivity contribution in [1.29, 1.82) is 0 Å². The summed E-state index contributed by atoms with van der Waals surface area (Å²) in [6.07, 6.45) is 2.63. The van der Waals surface area contributed by atoms with E-state index in [4.69, 9.17) is 9.47 Å². The Morgan fingerprint density at radius 1 is 1.56 bits per heavy atom. The van der Waals surface area contributed by atoms with Crippen molar-refractivity contribution in [3.05, 3.63) is 6.20 Å². The topological polar surface area (TPSA) is 85.0 Å². The fraction of sp³-hybridized carbons (Fsp3) is 0.545. The molecule has 3 heterocycles. The van der Waals surface area contributed by atoms with Gasteiger partial charge in [-0.2, -0.15) is 15.1 Å². The van der Waals surface area contributed by atoms with Gasteiger partial charge in [0.05, 0.1) is 19.4 Å². The summed E-state index contributed by atoms with van der Waals surface area (Å²) in [7, 11) is 0. The molecule has 0 aliphatic carbocycles. The minimum atomic E-state index is 0.0625. The van der Waals surface area contributed by atoms with Crippen molar-refractivity contribution < 1.29 is 9.47 Å². The summed E-state index contributed by atoms with van der Waals surface area (Å²) in [6, 6.07) is 0. The van der Waals surface area contributed by atoms with Crippen LogP contribution < -0.4 is 10.1 Å². The van der Waals surface area contributed by atoms with E-state index >= 15 is 0 Å². The molecule has 0 spiro atoms. The molecule has 2 aromatic heterocycles. The number of fused-ring (bicyclic) bond motifs is 1. The van der Waals surface area contributed by atoms with Crippen LogP contribution in [-0.4, -0.2) is 46.0 Å². The molecule has 1 aliphatic heterocycles. The maximum absolute atomic E-state index is 5.86. The Morgan fingerprint density at radius 3 is 3.28 bits per heavy atom. The lowest BCUT2D eigenvalue weighted by Crippen LogP contribution is -2.17. The van der Waals surface area contributed by atoms with Crippen molar-refractivity contribution in [3.8, 4) is 5.88 Å². The molecule has 18 heavy (non-hydrogen) atoms. The van der Waals surface area contributed by atoms with E-state index < -0.39 is 0 Å². The number of anilines is 1. The van der Waals surface area contributed by atoms with Crippen LogP contribution in [0, 0.1) is 0 Å². The first-order chi connectivity index (χ1) is 8.86. The van der Waals surface area contributed by atoms with Gasteiger partial charge in [-0.25, -0.2) is 0 Å². The van der Waals surface area contributed by atoms with Crippen LogP contribution in [-0.2, 0) is 4.74 Å². The number of aromatic amines is 1. The van der Waals surface area contributed by atoms with Gasteiger partial charge in [0.2, 0.25) is 11.8 Å². The Bertz CT molecular complexity index is 535. The average molecular weight is 249 g/mol. The van der Waals surface area contributed by atoms with Crippen LogP contribution in [0.4, 0.5) is 5.95 Å². The zero-order valence-electron chi connectivity index (χ0n) is 10.1. The fourth-order valence-corrected chi connectivity index (χ4v) is 1.90. The number of hydrogen-bond donors (Lipinski definition) is 2. The first-order valence-corrected chi connectivity index (χ1v) is 6.06. The number of rotatable bonds is 4. The molecule has 2 N–H and O–H groups in total. The second-order valence-corrected chi connectivity index (χ2v) is 4.12. The largest absolute Gasteiger partial charge is 0.471 e. The lowest BCUT2D eigenvalue weighted by Gasteiger charge is -2.12. The van der Waals surface area contributed by atoms with Crippen molar-refractivity contribution in [1.82, 2.24) is 20.2 Å². The number of nitrogens with zero attached hydrogens (tertiary/aromatic N) is 3. The van der Waals surface area contributed by atoms with Crippen molar-refractivity contribution in [2.24, 2.45) is 0 Å². The van der Waals surface area contributed by atoms with Crippen molar-refractivity contribution in [2.45, 2.75) is 19.4 Å². The molecule has 0 saturated carbocycles. The zero-order chi connectivity index (χ0) is 12.4. The minimum absolute atomic E-state index is 0.0625. The van der Waals surface area contributed by atoms with Crippen LogP contribution >= 0.6 is 0 Å². The molecule has 0 bridgehead atoms. The van der Waals surface area contributed by atoms with E-state index in [0.717, 1.165) is 25.0 Å². The smallest absolute Gasteiger partial charge is 0.229 e. The van der Waals surface area contributed by atoms with Crippen LogP contribution in [0.25, 0.3) is 11.0 Å². The lowest BCUT2D eigenvalue weighted by molar-refractivity contribution is 0.139. The lowest BCUT2D eigenvalue weighted by atomic mass is 10.3. The standard InChI is InChI=1S/C11H15N5O2/c1-2-12-11-14-9-8(5-13-16-9)10(15-11)18-7-3-4-17-6-7/h5,7H,2-4,6H2,1H3,(H2,12,13,14,15,16). The van der Waals surface area contributed by atoms with E-state index in [2.05, 4.69) is 25.5 Å². The molecule has 3 rings (SSSR count). The van der Waals surface area contributed by atoms with Gasteiger partial charge in [-0.3, -0.25) is 5.10 Å². The summed E-state index contributed by atoms with van der Waals surface area (Å²) >= 11 is 0. The molecule has 0 amide bonds. The van der Waals surface area contributed by atoms with E-state index in [-0.39, 0.29) is 6.10 Å². The Hall–Kier alpha value is -1.89. The van der Waals surface area contributed by atoms with E-state index in [1.54, 1.807) is 6.20 Å². The molecular weight excluding hydrogens is 234 g/mol. The molecule has 0 aromatic carbocycles. The Labute approximate surface area is 104 Å². The van der Waals surface area contributed by atoms with Crippen LogP contribution in [0.3, 0.4) is 0 Å². The Balaban J connectivity index is 1.93. The third kappa shape index (κ3) is 2.08. The molecule has 1 fully saturated rings. The summed E-state index contributed by atoms with van der Waals surface area (Å²) in [5.74, 6) is 1.10. The van der Waals surface area contributed by atoms with Gasteiger partial charge in [0, 0.05) is 13.0 Å². The molecule has 1 unspecified atom stereocenters. The highest BCUT2D eigenvalue weighted by molar-refractivity contribution is 5.80. The number of hydrogen-bond acceptors (Lipinski definition) is 6. The summed E-state index contributed by atoms with van der Waals surface area (Å²) in [4.78, 5) is 8.67. The predicted molar refractivity (Wildman–Crippen MR) is 65.7 cm³/mol. The molecule has 2 aromatic rings. The molecule has 7 nitrogen and oxygen atoms in total. The highest BCUT2D eigenvalue weighted by Crippen LogP contribution is 2.24. The summed E-state index contributed by atoms with van der Waals surface area (Å²) in [5, 5.41) is 10.7. The van der Waals surface area contributed by atoms with Gasteiger partial charge in [-0.05, 0) is 6.92 Å². The van der Waals surface area contributed by atoms with Crippen LogP contribution in [0.5, 0.6) is 5.88 Å². The SMILES string of the molecule is CCNc1nc(OC2CCOC2)c2cn[nH]c2n1. The monoisotopic (exact) mass is 249 g/mol. The van der Waals surface area contributed by atoms with Gasteiger partial charge in [0.15, 0.2) is 5.65 Å². The number of aromatic nitrogens is 4. The second kappa shape index (κ2) is 4.77. The number of nitrogens with one attached hydrogen (secondary N) is 2. The summed E-state index contributed by atoms with van der Waals surface area (Å²) < 4.78 is 11.2. The van der Waals surface area contributed by atoms with Gasteiger partial charge in [0.25, 0.3) is 0 Å². The molecule has 1 aliphatic rings. The molecule has 1 atom stereocenters. The summed E-state index contributed by atoms with van der Waals surface area (Å²) in [6.45, 7) is 4.10. The first kappa shape index (κ1) is 11.2. The van der Waals surface area contributed by atoms with Crippen LogP contribution in [0.1, 0.15) is 13.3 Å². The molecule has 1 saturated heterocycles. The van der Waals surface area contributed by atoms with Crippen molar-refractivity contribution >= 4 is 17.0 Å². The molecule has 7 heteroatoms. The molecule has 0 radical (unpaired) electrons. The van der Waals surface area contributed by atoms with E-state index in [1.807, 2.05) is 6.92 Å². The molecule has 96 valence electrons. The van der Waals surface area contributed by atoms with E-state index in [1.165, 1.54) is 0 Å². The maximum Gasteiger partial charge on any atom is 0.229 e. The van der Waals surface area contributed by atoms with Crippen molar-refractivity contribution in [2.75, 3.05) is 25.1 Å². The minimum Gasteiger partial charge on any atom is -0.471 e. The highest BCUT2D eigenvalue weighted by atomic mass is 16.5. The van der Waals surface area contributed by atoms with Crippen LogP contribution in [0.2, 0.25) is 0 Å². The van der Waals surface area contributed by atoms with Crippen molar-refractivity contribution in [3.63, 3.8) is 0 Å². The van der Waals surface area contributed by atoms with Gasteiger partial charge in [-0.15, -0.1) is 0 Å². The van der Waals surface area contributed by atoms with E-state index in [0.29, 0.717) is 24.1 Å². The zero-order valence-corrected chi connectivity index (χ0v) is 10.1. The fourth-order valence-electron chi connectivity index (χ4n) is 1.90. The predicted octanol–water partition coefficient (Wildman–Crippen LogP) is 0.952. The van der Waals surface area contributed by atoms with Gasteiger partial charge in [-0.1, -0.05) is 0 Å². The van der Waals surface area contributed by atoms with Gasteiger partial charge < -0.3 is 14.8 Å².